The van der Waals surface area contributed by atoms with Crippen LogP contribution in [-0.4, -0.2) is 62.7 Å². The molecule has 3 aromatic carbocycles. The molecule has 10 heteroatoms. The second kappa shape index (κ2) is 14.0. The van der Waals surface area contributed by atoms with Crippen molar-refractivity contribution in [2.24, 2.45) is 0 Å². The van der Waals surface area contributed by atoms with Gasteiger partial charge in [-0.1, -0.05) is 79.2 Å². The number of halogens is 1. The van der Waals surface area contributed by atoms with E-state index < -0.39 is 34.5 Å². The molecule has 214 valence electrons. The Kier molecular flexibility index (Phi) is 10.8. The Morgan fingerprint density at radius 1 is 0.925 bits per heavy atom. The molecular weight excluding hydrogens is 531 g/mol. The molecule has 0 spiro atoms. The van der Waals surface area contributed by atoms with E-state index in [1.807, 2.05) is 68.4 Å². The summed E-state index contributed by atoms with van der Waals surface area (Å²) in [4.78, 5) is 29.0. The van der Waals surface area contributed by atoms with E-state index >= 15 is 0 Å². The first-order valence-corrected chi connectivity index (χ1v) is 14.6. The van der Waals surface area contributed by atoms with E-state index in [9.17, 15) is 22.4 Å². The maximum Gasteiger partial charge on any atom is 0.304 e. The van der Waals surface area contributed by atoms with Gasteiger partial charge in [0.05, 0.1) is 5.69 Å². The molecule has 3 rings (SSSR count). The Hall–Kier alpha value is -3.76. The van der Waals surface area contributed by atoms with E-state index in [0.717, 1.165) is 31.4 Å². The highest BCUT2D eigenvalue weighted by Crippen LogP contribution is 2.24. The van der Waals surface area contributed by atoms with Crippen molar-refractivity contribution in [3.05, 3.63) is 101 Å². The normalized spacial score (nSPS) is 12.2. The molecule has 0 bridgehead atoms. The first-order valence-electron chi connectivity index (χ1n) is 13.2. The van der Waals surface area contributed by atoms with Gasteiger partial charge in [-0.3, -0.25) is 9.59 Å². The number of amides is 2. The van der Waals surface area contributed by atoms with Gasteiger partial charge in [0.1, 0.15) is 18.4 Å². The fraction of sp³-hybridized carbons (Fsp3) is 0.333. The molecule has 2 amide bonds. The van der Waals surface area contributed by atoms with E-state index in [-0.39, 0.29) is 24.6 Å². The standard InChI is InChI=1S/C30H37FN4O4S/c1-5-18-32-30(37)28(20-24-13-7-6-8-14-24)34(21-25-15-11-12-23(2)19-25)29(36)22-35(40(38,39)33(3)4)27-17-10-9-16-26(27)31/h6-17,19,28H,5,18,20-22H2,1-4H3,(H,32,37)/t28-/m1/s1. The third kappa shape index (κ3) is 7.89. The second-order valence-corrected chi connectivity index (χ2v) is 11.8. The predicted molar refractivity (Wildman–Crippen MR) is 155 cm³/mol. The maximum absolute atomic E-state index is 14.9. The number of para-hydroxylation sites is 1. The van der Waals surface area contributed by atoms with Crippen molar-refractivity contribution in [3.63, 3.8) is 0 Å². The van der Waals surface area contributed by atoms with E-state index in [2.05, 4.69) is 5.32 Å². The van der Waals surface area contributed by atoms with Crippen LogP contribution in [0.4, 0.5) is 10.1 Å². The van der Waals surface area contributed by atoms with Gasteiger partial charge >= 0.3 is 10.2 Å². The van der Waals surface area contributed by atoms with Crippen molar-refractivity contribution in [1.29, 1.82) is 0 Å². The molecule has 0 aromatic heterocycles. The minimum Gasteiger partial charge on any atom is -0.354 e. The van der Waals surface area contributed by atoms with Crippen molar-refractivity contribution < 1.29 is 22.4 Å². The zero-order chi connectivity index (χ0) is 29.3. The van der Waals surface area contributed by atoms with Crippen LogP contribution in [0.2, 0.25) is 0 Å². The smallest absolute Gasteiger partial charge is 0.304 e. The highest BCUT2D eigenvalue weighted by atomic mass is 32.2. The second-order valence-electron chi connectivity index (χ2n) is 9.76. The number of rotatable bonds is 13. The molecule has 0 aliphatic rings. The van der Waals surface area contributed by atoms with Gasteiger partial charge in [-0.15, -0.1) is 0 Å². The summed E-state index contributed by atoms with van der Waals surface area (Å²) >= 11 is 0. The Bertz CT molecular complexity index is 1400. The summed E-state index contributed by atoms with van der Waals surface area (Å²) in [5.41, 5.74) is 2.34. The molecule has 40 heavy (non-hydrogen) atoms. The summed E-state index contributed by atoms with van der Waals surface area (Å²) in [6, 6.07) is 21.3. The van der Waals surface area contributed by atoms with Crippen LogP contribution in [-0.2, 0) is 32.8 Å². The van der Waals surface area contributed by atoms with Gasteiger partial charge in [-0.05, 0) is 36.6 Å². The Labute approximate surface area is 236 Å². The van der Waals surface area contributed by atoms with Gasteiger partial charge < -0.3 is 10.2 Å². The highest BCUT2D eigenvalue weighted by Gasteiger charge is 2.35. The number of carbonyl (C=O) groups is 2. The summed E-state index contributed by atoms with van der Waals surface area (Å²) in [5.74, 6) is -1.77. The molecule has 0 radical (unpaired) electrons. The van der Waals surface area contributed by atoms with E-state index in [0.29, 0.717) is 13.0 Å². The molecule has 0 saturated carbocycles. The van der Waals surface area contributed by atoms with Crippen molar-refractivity contribution in [2.45, 2.75) is 39.3 Å². The number of nitrogens with zero attached hydrogens (tertiary/aromatic N) is 3. The largest absolute Gasteiger partial charge is 0.354 e. The quantitative estimate of drug-likeness (QED) is 0.339. The molecule has 8 nitrogen and oxygen atoms in total. The minimum absolute atomic E-state index is 0.0602. The number of aryl methyl sites for hydroxylation is 1. The molecule has 3 aromatic rings. The third-order valence-electron chi connectivity index (χ3n) is 6.40. The average Bonchev–Trinajstić information content (AvgIpc) is 2.93. The fourth-order valence-electron chi connectivity index (χ4n) is 4.28. The van der Waals surface area contributed by atoms with Crippen LogP contribution < -0.4 is 9.62 Å². The monoisotopic (exact) mass is 568 g/mol. The van der Waals surface area contributed by atoms with Crippen molar-refractivity contribution in [3.8, 4) is 0 Å². The van der Waals surface area contributed by atoms with Crippen LogP contribution in [0.5, 0.6) is 0 Å². The number of anilines is 1. The van der Waals surface area contributed by atoms with E-state index in [1.54, 1.807) is 0 Å². The van der Waals surface area contributed by atoms with Gasteiger partial charge in [-0.2, -0.15) is 12.7 Å². The summed E-state index contributed by atoms with van der Waals surface area (Å²) < 4.78 is 43.2. The molecule has 0 saturated heterocycles. The number of benzene rings is 3. The first-order chi connectivity index (χ1) is 19.0. The third-order valence-corrected chi connectivity index (χ3v) is 8.20. The average molecular weight is 569 g/mol. The summed E-state index contributed by atoms with van der Waals surface area (Å²) in [5, 5.41) is 2.89. The van der Waals surface area contributed by atoms with Crippen molar-refractivity contribution in [2.75, 3.05) is 31.5 Å². The molecule has 0 aliphatic carbocycles. The van der Waals surface area contributed by atoms with Crippen molar-refractivity contribution >= 4 is 27.7 Å². The topological polar surface area (TPSA) is 90.0 Å². The fourth-order valence-corrected chi connectivity index (χ4v) is 5.35. The zero-order valence-corrected chi connectivity index (χ0v) is 24.2. The molecule has 0 heterocycles. The minimum atomic E-state index is -4.26. The first kappa shape index (κ1) is 30.8. The van der Waals surface area contributed by atoms with Gasteiger partial charge in [0.15, 0.2) is 0 Å². The van der Waals surface area contributed by atoms with Crippen LogP contribution >= 0.6 is 0 Å². The lowest BCUT2D eigenvalue weighted by Gasteiger charge is -2.34. The van der Waals surface area contributed by atoms with Gasteiger partial charge in [0.2, 0.25) is 11.8 Å². The van der Waals surface area contributed by atoms with Gasteiger partial charge in [0.25, 0.3) is 0 Å². The zero-order valence-electron chi connectivity index (χ0n) is 23.4. The van der Waals surface area contributed by atoms with E-state index in [4.69, 9.17) is 0 Å². The summed E-state index contributed by atoms with van der Waals surface area (Å²) in [6.07, 6.45) is 0.922. The number of carbonyl (C=O) groups excluding carboxylic acids is 2. The molecule has 1 atom stereocenters. The Balaban J connectivity index is 2.09. The summed E-state index contributed by atoms with van der Waals surface area (Å²) in [7, 11) is -1.63. The molecular formula is C30H37FN4O4S. The van der Waals surface area contributed by atoms with Crippen LogP contribution in [0.1, 0.15) is 30.0 Å². The van der Waals surface area contributed by atoms with Crippen molar-refractivity contribution in [1.82, 2.24) is 14.5 Å². The van der Waals surface area contributed by atoms with Crippen LogP contribution in [0.3, 0.4) is 0 Å². The number of nitrogens with one attached hydrogen (secondary N) is 1. The van der Waals surface area contributed by atoms with Crippen LogP contribution in [0, 0.1) is 12.7 Å². The molecule has 0 unspecified atom stereocenters. The lowest BCUT2D eigenvalue weighted by atomic mass is 10.0. The highest BCUT2D eigenvalue weighted by molar-refractivity contribution is 7.90. The maximum atomic E-state index is 14.9. The summed E-state index contributed by atoms with van der Waals surface area (Å²) in [6.45, 7) is 3.65. The predicted octanol–water partition coefficient (Wildman–Crippen LogP) is 3.91. The molecule has 0 fully saturated rings. The number of hydrogen-bond donors (Lipinski definition) is 1. The lowest BCUT2D eigenvalue weighted by Crippen LogP contribution is -2.54. The van der Waals surface area contributed by atoms with Gasteiger partial charge in [-0.25, -0.2) is 8.70 Å². The lowest BCUT2D eigenvalue weighted by molar-refractivity contribution is -0.140. The van der Waals surface area contributed by atoms with Crippen LogP contribution in [0.25, 0.3) is 0 Å². The van der Waals surface area contributed by atoms with Crippen LogP contribution in [0.15, 0.2) is 78.9 Å². The molecule has 1 N–H and O–H groups in total. The Morgan fingerprint density at radius 3 is 2.20 bits per heavy atom. The SMILES string of the molecule is CCCNC(=O)[C@@H](Cc1ccccc1)N(Cc1cccc(C)c1)C(=O)CN(c1ccccc1F)S(=O)(=O)N(C)C. The number of hydrogen-bond acceptors (Lipinski definition) is 4. The Morgan fingerprint density at radius 2 is 1.57 bits per heavy atom. The van der Waals surface area contributed by atoms with Gasteiger partial charge in [0, 0.05) is 33.6 Å². The molecule has 0 aliphatic heterocycles. The van der Waals surface area contributed by atoms with E-state index in [1.165, 1.54) is 37.2 Å².